The summed E-state index contributed by atoms with van der Waals surface area (Å²) in [6.45, 7) is 10.1. The van der Waals surface area contributed by atoms with Crippen molar-refractivity contribution in [1.82, 2.24) is 5.32 Å². The van der Waals surface area contributed by atoms with Crippen molar-refractivity contribution >= 4 is 11.8 Å². The molecule has 2 heteroatoms. The first-order valence-electron chi connectivity index (χ1n) is 4.51. The fraction of sp³-hybridized carbons (Fsp3) is 1.00. The van der Waals surface area contributed by atoms with Crippen LogP contribution in [0.1, 0.15) is 34.1 Å². The van der Waals surface area contributed by atoms with Crippen molar-refractivity contribution in [1.29, 1.82) is 0 Å². The van der Waals surface area contributed by atoms with Crippen molar-refractivity contribution in [3.05, 3.63) is 0 Å². The van der Waals surface area contributed by atoms with Crippen LogP contribution in [0.4, 0.5) is 0 Å². The molecule has 0 rings (SSSR count). The predicted molar refractivity (Wildman–Crippen MR) is 55.3 cm³/mol. The van der Waals surface area contributed by atoms with Crippen LogP contribution in [0.25, 0.3) is 0 Å². The molecule has 0 bridgehead atoms. The zero-order valence-electron chi connectivity index (χ0n) is 8.18. The Morgan fingerprint density at radius 3 is 2.36 bits per heavy atom. The highest BCUT2D eigenvalue weighted by molar-refractivity contribution is 7.99. The van der Waals surface area contributed by atoms with Gasteiger partial charge >= 0.3 is 0 Å². The van der Waals surface area contributed by atoms with Crippen molar-refractivity contribution < 1.29 is 0 Å². The standard InChI is InChI=1S/C9H21NS/c1-5-9(4)10-6-7-11-8(2)3/h8-10H,5-7H2,1-4H3. The highest BCUT2D eigenvalue weighted by Gasteiger charge is 1.97. The van der Waals surface area contributed by atoms with E-state index >= 15 is 0 Å². The summed E-state index contributed by atoms with van der Waals surface area (Å²) in [5.74, 6) is 1.24. The molecule has 1 N–H and O–H groups in total. The summed E-state index contributed by atoms with van der Waals surface area (Å²) >= 11 is 2.02. The molecule has 1 nitrogen and oxygen atoms in total. The number of rotatable bonds is 6. The fourth-order valence-electron chi connectivity index (χ4n) is 0.744. The molecule has 0 aromatic heterocycles. The van der Waals surface area contributed by atoms with E-state index in [0.29, 0.717) is 6.04 Å². The zero-order chi connectivity index (χ0) is 8.69. The molecule has 0 aromatic rings. The predicted octanol–water partition coefficient (Wildman–Crippen LogP) is 2.52. The molecule has 0 heterocycles. The number of thioether (sulfide) groups is 1. The van der Waals surface area contributed by atoms with Gasteiger partial charge in [0.05, 0.1) is 0 Å². The molecule has 11 heavy (non-hydrogen) atoms. The Balaban J connectivity index is 3.01. The SMILES string of the molecule is CCC(C)NCCSC(C)C. The Bertz CT molecular complexity index is 83.6. The van der Waals surface area contributed by atoms with Gasteiger partial charge in [-0.05, 0) is 18.6 Å². The van der Waals surface area contributed by atoms with Gasteiger partial charge in [0.15, 0.2) is 0 Å². The second kappa shape index (κ2) is 6.99. The van der Waals surface area contributed by atoms with Crippen molar-refractivity contribution in [3.63, 3.8) is 0 Å². The van der Waals surface area contributed by atoms with Gasteiger partial charge in [-0.3, -0.25) is 0 Å². The minimum absolute atomic E-state index is 0.683. The lowest BCUT2D eigenvalue weighted by Gasteiger charge is -2.11. The molecule has 0 aliphatic carbocycles. The molecule has 0 spiro atoms. The maximum atomic E-state index is 3.47. The molecular formula is C9H21NS. The normalized spacial score (nSPS) is 13.9. The smallest absolute Gasteiger partial charge is 0.00607 e. The van der Waals surface area contributed by atoms with E-state index in [9.17, 15) is 0 Å². The minimum atomic E-state index is 0.683. The molecule has 0 fully saturated rings. The quantitative estimate of drug-likeness (QED) is 0.623. The van der Waals surface area contributed by atoms with Crippen LogP contribution in [-0.4, -0.2) is 23.6 Å². The molecule has 0 amide bonds. The third-order valence-electron chi connectivity index (χ3n) is 1.66. The maximum absolute atomic E-state index is 3.47. The van der Waals surface area contributed by atoms with Crippen LogP contribution >= 0.6 is 11.8 Å². The summed E-state index contributed by atoms with van der Waals surface area (Å²) < 4.78 is 0. The Kier molecular flexibility index (Phi) is 7.18. The molecular weight excluding hydrogens is 154 g/mol. The minimum Gasteiger partial charge on any atom is -0.313 e. The Hall–Kier alpha value is 0.310. The summed E-state index contributed by atoms with van der Waals surface area (Å²) in [6.07, 6.45) is 1.23. The first-order valence-corrected chi connectivity index (χ1v) is 5.56. The van der Waals surface area contributed by atoms with E-state index in [1.165, 1.54) is 12.2 Å². The van der Waals surface area contributed by atoms with Crippen molar-refractivity contribution in [2.45, 2.75) is 45.4 Å². The average molecular weight is 175 g/mol. The van der Waals surface area contributed by atoms with Gasteiger partial charge in [0, 0.05) is 18.3 Å². The summed E-state index contributed by atoms with van der Waals surface area (Å²) in [6, 6.07) is 0.683. The van der Waals surface area contributed by atoms with Crippen LogP contribution < -0.4 is 5.32 Å². The highest BCUT2D eigenvalue weighted by Crippen LogP contribution is 2.07. The summed E-state index contributed by atoms with van der Waals surface area (Å²) in [5.41, 5.74) is 0. The van der Waals surface area contributed by atoms with E-state index in [0.717, 1.165) is 11.8 Å². The molecule has 0 aromatic carbocycles. The van der Waals surface area contributed by atoms with Gasteiger partial charge < -0.3 is 5.32 Å². The molecule has 0 radical (unpaired) electrons. The van der Waals surface area contributed by atoms with Gasteiger partial charge in [0.25, 0.3) is 0 Å². The van der Waals surface area contributed by atoms with E-state index in [1.54, 1.807) is 0 Å². The third-order valence-corrected chi connectivity index (χ3v) is 2.76. The number of nitrogens with one attached hydrogen (secondary N) is 1. The van der Waals surface area contributed by atoms with E-state index in [1.807, 2.05) is 11.8 Å². The lowest BCUT2D eigenvalue weighted by atomic mass is 10.3. The maximum Gasteiger partial charge on any atom is 0.00607 e. The average Bonchev–Trinajstić information content (AvgIpc) is 1.97. The monoisotopic (exact) mass is 175 g/mol. The van der Waals surface area contributed by atoms with Gasteiger partial charge in [0.2, 0.25) is 0 Å². The van der Waals surface area contributed by atoms with Crippen molar-refractivity contribution in [2.75, 3.05) is 12.3 Å². The van der Waals surface area contributed by atoms with E-state index < -0.39 is 0 Å². The summed E-state index contributed by atoms with van der Waals surface area (Å²) in [4.78, 5) is 0. The van der Waals surface area contributed by atoms with Crippen LogP contribution in [0.15, 0.2) is 0 Å². The second-order valence-electron chi connectivity index (χ2n) is 3.18. The number of hydrogen-bond donors (Lipinski definition) is 1. The summed E-state index contributed by atoms with van der Waals surface area (Å²) in [5, 5.41) is 4.24. The first-order chi connectivity index (χ1) is 5.16. The molecule has 0 aliphatic heterocycles. The van der Waals surface area contributed by atoms with Crippen LogP contribution in [0, 0.1) is 0 Å². The number of hydrogen-bond acceptors (Lipinski definition) is 2. The van der Waals surface area contributed by atoms with Crippen LogP contribution in [-0.2, 0) is 0 Å². The van der Waals surface area contributed by atoms with E-state index in [-0.39, 0.29) is 0 Å². The van der Waals surface area contributed by atoms with Gasteiger partial charge in [0.1, 0.15) is 0 Å². The Labute approximate surface area is 75.3 Å². The fourth-order valence-corrected chi connectivity index (χ4v) is 1.45. The molecule has 68 valence electrons. The summed E-state index contributed by atoms with van der Waals surface area (Å²) in [7, 11) is 0. The Morgan fingerprint density at radius 2 is 1.91 bits per heavy atom. The van der Waals surface area contributed by atoms with Gasteiger partial charge in [-0.2, -0.15) is 11.8 Å². The topological polar surface area (TPSA) is 12.0 Å². The van der Waals surface area contributed by atoms with Crippen molar-refractivity contribution in [2.24, 2.45) is 0 Å². The van der Waals surface area contributed by atoms with E-state index in [2.05, 4.69) is 33.0 Å². The van der Waals surface area contributed by atoms with Crippen LogP contribution in [0.3, 0.4) is 0 Å². The molecule has 0 aliphatic rings. The highest BCUT2D eigenvalue weighted by atomic mass is 32.2. The Morgan fingerprint density at radius 1 is 1.27 bits per heavy atom. The second-order valence-corrected chi connectivity index (χ2v) is 4.87. The molecule has 0 saturated carbocycles. The first kappa shape index (κ1) is 11.3. The molecule has 1 atom stereocenters. The van der Waals surface area contributed by atoms with Gasteiger partial charge in [-0.25, -0.2) is 0 Å². The van der Waals surface area contributed by atoms with Crippen LogP contribution in [0.2, 0.25) is 0 Å². The van der Waals surface area contributed by atoms with Crippen molar-refractivity contribution in [3.8, 4) is 0 Å². The largest absolute Gasteiger partial charge is 0.313 e. The molecule has 1 unspecified atom stereocenters. The molecule has 0 saturated heterocycles. The lowest BCUT2D eigenvalue weighted by Crippen LogP contribution is -2.27. The lowest BCUT2D eigenvalue weighted by molar-refractivity contribution is 0.555. The third kappa shape index (κ3) is 8.21. The van der Waals surface area contributed by atoms with Gasteiger partial charge in [-0.1, -0.05) is 20.8 Å². The van der Waals surface area contributed by atoms with Gasteiger partial charge in [-0.15, -0.1) is 0 Å². The van der Waals surface area contributed by atoms with Crippen LogP contribution in [0.5, 0.6) is 0 Å². The zero-order valence-corrected chi connectivity index (χ0v) is 9.00. The van der Waals surface area contributed by atoms with E-state index in [4.69, 9.17) is 0 Å².